The fraction of sp³-hybridized carbons (Fsp3) is 0.939. The highest BCUT2D eigenvalue weighted by Gasteiger charge is 2.69. The van der Waals surface area contributed by atoms with Gasteiger partial charge in [0.25, 0.3) is 11.8 Å². The molecule has 16 nitrogen and oxygen atoms in total. The van der Waals surface area contributed by atoms with Crippen LogP contribution in [-0.2, 0) is 48.6 Å². The lowest BCUT2D eigenvalue weighted by atomic mass is 9.98. The first-order chi connectivity index (χ1) is 27.7. The van der Waals surface area contributed by atoms with Gasteiger partial charge in [0.15, 0.2) is 9.49 Å². The third kappa shape index (κ3) is 12.1. The molecule has 4 saturated heterocycles. The third-order valence-electron chi connectivity index (χ3n) is 11.1. The summed E-state index contributed by atoms with van der Waals surface area (Å²) in [5.74, 6) is -22.7. The standard InChI is InChI=1S/C17H26F6N2O6S.C15H24F4N2O6S.CH4/c1-14(18,19)17(22,23)16(20,21)11-31-10-12-2-6-25(7-3-12)32(28,29)15(13(26)24-27)4-8-30-9-5-15;16-12(17)15(18,19)10-27-9-11-1-5-21(6-2-11)28(24,25)14(13(22)20-23)3-7-26-8-4-14;/h12,27H,2-11H2,1H3,(H,24,26);11-12,23H,1-10H2,(H,20,22);1H4. The number of rotatable bonds is 17. The number of piperidine rings is 2. The van der Waals surface area contributed by atoms with Gasteiger partial charge in [0.2, 0.25) is 20.0 Å². The molecule has 0 aromatic carbocycles. The molecule has 0 atom stereocenters. The normalized spacial score (nSPS) is 21.8. The molecule has 4 fully saturated rings. The number of ether oxygens (including phenoxy) is 4. The maximum Gasteiger partial charge on any atom is 0.373 e. The Balaban J connectivity index is 0.000000417. The summed E-state index contributed by atoms with van der Waals surface area (Å²) < 4.78 is 199. The second-order valence-corrected chi connectivity index (χ2v) is 19.5. The molecular weight excluding hydrogens is 898 g/mol. The summed E-state index contributed by atoms with van der Waals surface area (Å²) in [7, 11) is -8.34. The highest BCUT2D eigenvalue weighted by molar-refractivity contribution is 7.91. The Morgan fingerprint density at radius 3 is 1.31 bits per heavy atom. The highest BCUT2D eigenvalue weighted by Crippen LogP contribution is 2.46. The minimum absolute atomic E-state index is 0. The van der Waals surface area contributed by atoms with E-state index >= 15 is 0 Å². The quantitative estimate of drug-likeness (QED) is 0.0936. The van der Waals surface area contributed by atoms with Gasteiger partial charge in [-0.2, -0.15) is 35.1 Å². The average Bonchev–Trinajstić information content (AvgIpc) is 3.20. The van der Waals surface area contributed by atoms with Crippen molar-refractivity contribution < 1.29 is 99.7 Å². The largest absolute Gasteiger partial charge is 0.381 e. The zero-order valence-electron chi connectivity index (χ0n) is 32.3. The zero-order chi connectivity index (χ0) is 45.4. The van der Waals surface area contributed by atoms with Crippen molar-refractivity contribution >= 4 is 31.9 Å². The lowest BCUT2D eigenvalue weighted by Crippen LogP contribution is -2.60. The molecule has 0 spiro atoms. The van der Waals surface area contributed by atoms with Gasteiger partial charge in [0, 0.05) is 98.4 Å². The van der Waals surface area contributed by atoms with Crippen LogP contribution in [0.4, 0.5) is 43.9 Å². The van der Waals surface area contributed by atoms with Crippen molar-refractivity contribution in [2.75, 3.05) is 79.0 Å². The maximum absolute atomic E-state index is 13.5. The van der Waals surface area contributed by atoms with Gasteiger partial charge >= 0.3 is 30.1 Å². The molecule has 0 aromatic heterocycles. The summed E-state index contributed by atoms with van der Waals surface area (Å²) in [6, 6.07) is 0. The Morgan fingerprint density at radius 2 is 1.02 bits per heavy atom. The summed E-state index contributed by atoms with van der Waals surface area (Å²) in [4.78, 5) is 24.4. The summed E-state index contributed by atoms with van der Waals surface area (Å²) in [6.45, 7) is -4.31. The number of alkyl halides is 10. The van der Waals surface area contributed by atoms with Crippen LogP contribution >= 0.6 is 0 Å². The molecule has 2 amide bonds. The third-order valence-corrected chi connectivity index (χ3v) is 16.3. The van der Waals surface area contributed by atoms with Crippen LogP contribution in [0.1, 0.15) is 65.7 Å². The lowest BCUT2D eigenvalue weighted by Gasteiger charge is -2.40. The number of sulfonamides is 2. The summed E-state index contributed by atoms with van der Waals surface area (Å²) in [5, 5.41) is 18.0. The topological polar surface area (TPSA) is 210 Å². The predicted octanol–water partition coefficient (Wildman–Crippen LogP) is 3.66. The molecule has 360 valence electrons. The van der Waals surface area contributed by atoms with Gasteiger partial charge in [-0.1, -0.05) is 7.43 Å². The summed E-state index contributed by atoms with van der Waals surface area (Å²) >= 11 is 0. The lowest BCUT2D eigenvalue weighted by molar-refractivity contribution is -0.314. The number of halogens is 10. The van der Waals surface area contributed by atoms with Gasteiger partial charge in [-0.05, 0) is 37.5 Å². The Hall–Kier alpha value is -2.18. The van der Waals surface area contributed by atoms with E-state index in [0.29, 0.717) is 0 Å². The van der Waals surface area contributed by atoms with E-state index in [-0.39, 0.29) is 131 Å². The predicted molar refractivity (Wildman–Crippen MR) is 192 cm³/mol. The molecule has 0 unspecified atom stereocenters. The van der Waals surface area contributed by atoms with Crippen molar-refractivity contribution in [2.24, 2.45) is 11.8 Å². The number of carbonyl (C=O) groups is 2. The van der Waals surface area contributed by atoms with Crippen molar-refractivity contribution in [2.45, 2.75) is 105 Å². The van der Waals surface area contributed by atoms with Crippen molar-refractivity contribution in [1.82, 2.24) is 19.6 Å². The second kappa shape index (κ2) is 21.7. The monoisotopic (exact) mass is 952 g/mol. The molecule has 61 heavy (non-hydrogen) atoms. The Morgan fingerprint density at radius 1 is 0.689 bits per heavy atom. The molecule has 0 aliphatic carbocycles. The average molecular weight is 953 g/mol. The van der Waals surface area contributed by atoms with Gasteiger partial charge < -0.3 is 18.9 Å². The van der Waals surface area contributed by atoms with Crippen molar-refractivity contribution in [3.05, 3.63) is 0 Å². The number of nitrogens with one attached hydrogen (secondary N) is 2. The minimum atomic E-state index is -5.59. The van der Waals surface area contributed by atoms with Gasteiger partial charge in [-0.25, -0.2) is 45.2 Å². The molecule has 4 aliphatic heterocycles. The number of hydrogen-bond acceptors (Lipinski definition) is 12. The molecule has 0 bridgehead atoms. The molecule has 4 aliphatic rings. The van der Waals surface area contributed by atoms with E-state index in [1.54, 1.807) is 0 Å². The van der Waals surface area contributed by atoms with E-state index in [0.717, 1.165) is 8.61 Å². The first kappa shape index (κ1) is 55.0. The van der Waals surface area contributed by atoms with Crippen LogP contribution < -0.4 is 11.0 Å². The van der Waals surface area contributed by atoms with Gasteiger partial charge in [-0.15, -0.1) is 0 Å². The number of hydroxylamine groups is 2. The van der Waals surface area contributed by atoms with E-state index in [9.17, 15) is 70.3 Å². The summed E-state index contributed by atoms with van der Waals surface area (Å²) in [6.07, 6.45) is -3.60. The first-order valence-corrected chi connectivity index (χ1v) is 21.6. The molecule has 4 rings (SSSR count). The van der Waals surface area contributed by atoms with Crippen LogP contribution in [0.25, 0.3) is 0 Å². The Kier molecular flexibility index (Phi) is 19.5. The van der Waals surface area contributed by atoms with E-state index in [4.69, 9.17) is 24.6 Å². The van der Waals surface area contributed by atoms with E-state index in [2.05, 4.69) is 4.74 Å². The second-order valence-electron chi connectivity index (χ2n) is 15.0. The Labute approximate surface area is 346 Å². The molecule has 0 radical (unpaired) electrons. The highest BCUT2D eigenvalue weighted by atomic mass is 32.2. The van der Waals surface area contributed by atoms with Crippen LogP contribution in [0.2, 0.25) is 0 Å². The summed E-state index contributed by atoms with van der Waals surface area (Å²) in [5.41, 5.74) is 2.82. The molecule has 0 saturated carbocycles. The number of amides is 2. The molecule has 4 heterocycles. The molecule has 28 heteroatoms. The van der Waals surface area contributed by atoms with E-state index in [1.165, 1.54) is 11.0 Å². The molecule has 0 aromatic rings. The SMILES string of the molecule is C.CC(F)(F)C(F)(F)C(F)(F)COCC1CCN(S(=O)(=O)C2(C(=O)NO)CCOCC2)CC1.O=C(NO)C1(S(=O)(=O)N2CCC(COCC(F)(F)C(F)F)CC2)CCOCC1. The fourth-order valence-corrected chi connectivity index (χ4v) is 11.4. The molecular formula is C33H54F10N4O12S2. The van der Waals surface area contributed by atoms with E-state index in [1.807, 2.05) is 0 Å². The van der Waals surface area contributed by atoms with E-state index < -0.39 is 97.2 Å². The smallest absolute Gasteiger partial charge is 0.373 e. The van der Waals surface area contributed by atoms with Crippen LogP contribution in [0.3, 0.4) is 0 Å². The first-order valence-electron chi connectivity index (χ1n) is 18.7. The van der Waals surface area contributed by atoms with Crippen LogP contribution in [0.15, 0.2) is 0 Å². The van der Waals surface area contributed by atoms with Crippen LogP contribution in [0, 0.1) is 11.8 Å². The fourth-order valence-electron chi connectivity index (χ4n) is 7.13. The van der Waals surface area contributed by atoms with Crippen molar-refractivity contribution in [1.29, 1.82) is 0 Å². The van der Waals surface area contributed by atoms with Gasteiger partial charge in [0.1, 0.15) is 13.2 Å². The van der Waals surface area contributed by atoms with Crippen molar-refractivity contribution in [3.63, 3.8) is 0 Å². The van der Waals surface area contributed by atoms with Crippen LogP contribution in [-0.4, -0.2) is 166 Å². The zero-order valence-corrected chi connectivity index (χ0v) is 34.0. The minimum Gasteiger partial charge on any atom is -0.381 e. The van der Waals surface area contributed by atoms with Gasteiger partial charge in [-0.3, -0.25) is 20.0 Å². The number of hydrogen-bond donors (Lipinski definition) is 4. The van der Waals surface area contributed by atoms with Gasteiger partial charge in [0.05, 0.1) is 0 Å². The maximum atomic E-state index is 13.5. The number of carbonyl (C=O) groups excluding carboxylic acids is 2. The number of nitrogens with zero attached hydrogens (tertiary/aromatic N) is 2. The Bertz CT molecular complexity index is 1630. The van der Waals surface area contributed by atoms with Crippen molar-refractivity contribution in [3.8, 4) is 0 Å². The van der Waals surface area contributed by atoms with Crippen LogP contribution in [0.5, 0.6) is 0 Å². The molecule has 4 N–H and O–H groups in total.